The Morgan fingerprint density at radius 3 is 2.75 bits per heavy atom. The SMILES string of the molecule is CC(N)CCCC(=O)N1CCC(C(C)O)C1. The lowest BCUT2D eigenvalue weighted by Crippen LogP contribution is -2.30. The third-order valence-corrected chi connectivity index (χ3v) is 3.31. The van der Waals surface area contributed by atoms with Crippen LogP contribution in [0.15, 0.2) is 0 Å². The van der Waals surface area contributed by atoms with Crippen molar-refractivity contribution >= 4 is 5.91 Å². The molecule has 1 rings (SSSR count). The first-order chi connectivity index (χ1) is 7.50. The number of nitrogens with zero attached hydrogens (tertiary/aromatic N) is 1. The topological polar surface area (TPSA) is 66.6 Å². The molecule has 3 N–H and O–H groups in total. The van der Waals surface area contributed by atoms with Gasteiger partial charge in [-0.3, -0.25) is 4.79 Å². The summed E-state index contributed by atoms with van der Waals surface area (Å²) in [5.74, 6) is 0.473. The first kappa shape index (κ1) is 13.5. The second kappa shape index (κ2) is 6.21. The van der Waals surface area contributed by atoms with Gasteiger partial charge < -0.3 is 15.7 Å². The fraction of sp³-hybridized carbons (Fsp3) is 0.917. The van der Waals surface area contributed by atoms with E-state index >= 15 is 0 Å². The molecule has 0 radical (unpaired) electrons. The minimum absolute atomic E-state index is 0.177. The zero-order valence-electron chi connectivity index (χ0n) is 10.4. The zero-order valence-corrected chi connectivity index (χ0v) is 10.4. The van der Waals surface area contributed by atoms with Gasteiger partial charge in [-0.2, -0.15) is 0 Å². The highest BCUT2D eigenvalue weighted by Gasteiger charge is 2.28. The number of amides is 1. The second-order valence-corrected chi connectivity index (χ2v) is 5.00. The van der Waals surface area contributed by atoms with Gasteiger partial charge in [-0.25, -0.2) is 0 Å². The molecule has 0 aliphatic carbocycles. The molecule has 1 saturated heterocycles. The van der Waals surface area contributed by atoms with Crippen molar-refractivity contribution in [3.05, 3.63) is 0 Å². The van der Waals surface area contributed by atoms with E-state index in [1.165, 1.54) is 0 Å². The summed E-state index contributed by atoms with van der Waals surface area (Å²) in [6.07, 6.45) is 2.98. The minimum Gasteiger partial charge on any atom is -0.393 e. The van der Waals surface area contributed by atoms with E-state index < -0.39 is 0 Å². The van der Waals surface area contributed by atoms with Crippen molar-refractivity contribution in [1.29, 1.82) is 0 Å². The van der Waals surface area contributed by atoms with Crippen molar-refractivity contribution in [3.63, 3.8) is 0 Å². The molecular formula is C12H24N2O2. The maximum Gasteiger partial charge on any atom is 0.222 e. The summed E-state index contributed by atoms with van der Waals surface area (Å²) in [6, 6.07) is 0.177. The predicted molar refractivity (Wildman–Crippen MR) is 63.9 cm³/mol. The summed E-state index contributed by atoms with van der Waals surface area (Å²) in [6.45, 7) is 5.28. The Morgan fingerprint density at radius 1 is 1.56 bits per heavy atom. The summed E-state index contributed by atoms with van der Waals surface area (Å²) < 4.78 is 0. The van der Waals surface area contributed by atoms with Crippen LogP contribution in [0.5, 0.6) is 0 Å². The smallest absolute Gasteiger partial charge is 0.222 e. The molecule has 0 aromatic heterocycles. The molecule has 16 heavy (non-hydrogen) atoms. The van der Waals surface area contributed by atoms with E-state index in [4.69, 9.17) is 5.73 Å². The number of nitrogens with two attached hydrogens (primary N) is 1. The Balaban J connectivity index is 2.23. The first-order valence-electron chi connectivity index (χ1n) is 6.22. The largest absolute Gasteiger partial charge is 0.393 e. The Bertz CT molecular complexity index is 229. The summed E-state index contributed by atoms with van der Waals surface area (Å²) in [4.78, 5) is 13.7. The van der Waals surface area contributed by atoms with Gasteiger partial charge in [0, 0.05) is 31.5 Å². The van der Waals surface area contributed by atoms with Gasteiger partial charge in [-0.1, -0.05) is 0 Å². The van der Waals surface area contributed by atoms with Crippen LogP contribution in [0.3, 0.4) is 0 Å². The fourth-order valence-corrected chi connectivity index (χ4v) is 2.14. The summed E-state index contributed by atoms with van der Waals surface area (Å²) >= 11 is 0. The Hall–Kier alpha value is -0.610. The number of aliphatic hydroxyl groups is 1. The third kappa shape index (κ3) is 4.10. The van der Waals surface area contributed by atoms with Gasteiger partial charge in [0.15, 0.2) is 0 Å². The number of carbonyl (C=O) groups excluding carboxylic acids is 1. The maximum absolute atomic E-state index is 11.8. The highest BCUT2D eigenvalue weighted by Crippen LogP contribution is 2.20. The number of carbonyl (C=O) groups is 1. The molecule has 3 unspecified atom stereocenters. The Labute approximate surface area is 97.8 Å². The van der Waals surface area contributed by atoms with E-state index in [0.29, 0.717) is 13.0 Å². The van der Waals surface area contributed by atoms with Crippen molar-refractivity contribution in [3.8, 4) is 0 Å². The molecule has 0 bridgehead atoms. The van der Waals surface area contributed by atoms with Crippen LogP contribution in [-0.4, -0.2) is 41.1 Å². The van der Waals surface area contributed by atoms with Crippen LogP contribution in [0.25, 0.3) is 0 Å². The minimum atomic E-state index is -0.304. The number of rotatable bonds is 5. The van der Waals surface area contributed by atoms with E-state index in [9.17, 15) is 9.90 Å². The zero-order chi connectivity index (χ0) is 12.1. The highest BCUT2D eigenvalue weighted by atomic mass is 16.3. The molecule has 1 aliphatic rings. The van der Waals surface area contributed by atoms with Crippen LogP contribution in [-0.2, 0) is 4.79 Å². The molecule has 0 spiro atoms. The fourth-order valence-electron chi connectivity index (χ4n) is 2.14. The van der Waals surface area contributed by atoms with Gasteiger partial charge in [0.2, 0.25) is 5.91 Å². The van der Waals surface area contributed by atoms with E-state index in [2.05, 4.69) is 0 Å². The van der Waals surface area contributed by atoms with Gasteiger partial charge in [0.25, 0.3) is 0 Å². The molecule has 0 saturated carbocycles. The molecule has 0 aromatic rings. The van der Waals surface area contributed by atoms with E-state index in [1.54, 1.807) is 6.92 Å². The molecule has 4 nitrogen and oxygen atoms in total. The van der Waals surface area contributed by atoms with Crippen molar-refractivity contribution < 1.29 is 9.90 Å². The van der Waals surface area contributed by atoms with E-state index in [-0.39, 0.29) is 24.0 Å². The average Bonchev–Trinajstić information content (AvgIpc) is 2.65. The van der Waals surface area contributed by atoms with Crippen LogP contribution in [0.1, 0.15) is 39.5 Å². The lowest BCUT2D eigenvalue weighted by molar-refractivity contribution is -0.130. The van der Waals surface area contributed by atoms with Crippen LogP contribution in [0.2, 0.25) is 0 Å². The normalized spacial score (nSPS) is 24.5. The highest BCUT2D eigenvalue weighted by molar-refractivity contribution is 5.76. The molecule has 4 heteroatoms. The Kier molecular flexibility index (Phi) is 5.22. The lowest BCUT2D eigenvalue weighted by atomic mass is 10.0. The lowest BCUT2D eigenvalue weighted by Gasteiger charge is -2.17. The molecule has 1 aliphatic heterocycles. The van der Waals surface area contributed by atoms with E-state index in [1.807, 2.05) is 11.8 Å². The van der Waals surface area contributed by atoms with Crippen molar-refractivity contribution in [2.45, 2.75) is 51.7 Å². The first-order valence-corrected chi connectivity index (χ1v) is 6.22. The monoisotopic (exact) mass is 228 g/mol. The molecule has 1 fully saturated rings. The summed E-state index contributed by atoms with van der Waals surface area (Å²) in [7, 11) is 0. The number of hydrogen-bond acceptors (Lipinski definition) is 3. The molecular weight excluding hydrogens is 204 g/mol. The number of hydrogen-bond donors (Lipinski definition) is 2. The predicted octanol–water partition coefficient (Wildman–Crippen LogP) is 0.733. The molecule has 1 amide bonds. The van der Waals surface area contributed by atoms with Crippen LogP contribution in [0.4, 0.5) is 0 Å². The van der Waals surface area contributed by atoms with Crippen molar-refractivity contribution in [2.24, 2.45) is 11.7 Å². The number of likely N-dealkylation sites (tertiary alicyclic amines) is 1. The van der Waals surface area contributed by atoms with Gasteiger partial charge in [0.05, 0.1) is 6.10 Å². The second-order valence-electron chi connectivity index (χ2n) is 5.00. The molecule has 3 atom stereocenters. The molecule has 94 valence electrons. The van der Waals surface area contributed by atoms with Crippen LogP contribution < -0.4 is 5.73 Å². The van der Waals surface area contributed by atoms with Crippen LogP contribution in [0, 0.1) is 5.92 Å². The quantitative estimate of drug-likeness (QED) is 0.729. The van der Waals surface area contributed by atoms with Gasteiger partial charge in [-0.05, 0) is 33.1 Å². The standard InChI is InChI=1S/C12H24N2O2/c1-9(13)4-3-5-12(16)14-7-6-11(8-14)10(2)15/h9-11,15H,3-8,13H2,1-2H3. The molecule has 0 aromatic carbocycles. The Morgan fingerprint density at radius 2 is 2.25 bits per heavy atom. The maximum atomic E-state index is 11.8. The van der Waals surface area contributed by atoms with E-state index in [0.717, 1.165) is 25.8 Å². The van der Waals surface area contributed by atoms with Gasteiger partial charge in [-0.15, -0.1) is 0 Å². The van der Waals surface area contributed by atoms with Gasteiger partial charge in [0.1, 0.15) is 0 Å². The summed E-state index contributed by atoms with van der Waals surface area (Å²) in [5.41, 5.74) is 5.64. The average molecular weight is 228 g/mol. The van der Waals surface area contributed by atoms with Gasteiger partial charge >= 0.3 is 0 Å². The number of aliphatic hydroxyl groups excluding tert-OH is 1. The third-order valence-electron chi connectivity index (χ3n) is 3.31. The summed E-state index contributed by atoms with van der Waals surface area (Å²) in [5, 5.41) is 9.45. The molecule has 1 heterocycles. The van der Waals surface area contributed by atoms with Crippen LogP contribution >= 0.6 is 0 Å². The van der Waals surface area contributed by atoms with Crippen molar-refractivity contribution in [2.75, 3.05) is 13.1 Å². The van der Waals surface area contributed by atoms with Crippen molar-refractivity contribution in [1.82, 2.24) is 4.90 Å².